The third-order valence-corrected chi connectivity index (χ3v) is 4.56. The number of carbonyl (C=O) groups excluding carboxylic acids is 2. The molecule has 0 bridgehead atoms. The summed E-state index contributed by atoms with van der Waals surface area (Å²) in [6.07, 6.45) is 0.986. The SMILES string of the molecule is CCc1cccc(C)c1N1CC(C(=O)Nc2cccc(F)c2)CC1=O. The maximum Gasteiger partial charge on any atom is 0.229 e. The van der Waals surface area contributed by atoms with E-state index in [1.54, 1.807) is 11.0 Å². The van der Waals surface area contributed by atoms with Crippen LogP contribution in [-0.2, 0) is 16.0 Å². The predicted molar refractivity (Wildman–Crippen MR) is 96.0 cm³/mol. The Hall–Kier alpha value is -2.69. The maximum absolute atomic E-state index is 13.3. The topological polar surface area (TPSA) is 49.4 Å². The molecule has 0 spiro atoms. The first-order valence-corrected chi connectivity index (χ1v) is 8.45. The number of amides is 2. The number of nitrogens with zero attached hydrogens (tertiary/aromatic N) is 1. The summed E-state index contributed by atoms with van der Waals surface area (Å²) < 4.78 is 13.3. The van der Waals surface area contributed by atoms with Gasteiger partial charge in [0.15, 0.2) is 0 Å². The van der Waals surface area contributed by atoms with Crippen molar-refractivity contribution >= 4 is 23.2 Å². The zero-order valence-corrected chi connectivity index (χ0v) is 14.4. The van der Waals surface area contributed by atoms with Crippen LogP contribution in [0.3, 0.4) is 0 Å². The molecule has 4 nitrogen and oxygen atoms in total. The number of carbonyl (C=O) groups is 2. The van der Waals surface area contributed by atoms with Gasteiger partial charge in [0.2, 0.25) is 11.8 Å². The third kappa shape index (κ3) is 3.55. The molecule has 0 aromatic heterocycles. The van der Waals surface area contributed by atoms with Crippen molar-refractivity contribution < 1.29 is 14.0 Å². The molecule has 130 valence electrons. The first-order chi connectivity index (χ1) is 12.0. The van der Waals surface area contributed by atoms with Crippen molar-refractivity contribution in [2.45, 2.75) is 26.7 Å². The van der Waals surface area contributed by atoms with Gasteiger partial charge in [0.05, 0.1) is 5.92 Å². The van der Waals surface area contributed by atoms with Crippen LogP contribution >= 0.6 is 0 Å². The zero-order valence-electron chi connectivity index (χ0n) is 14.4. The smallest absolute Gasteiger partial charge is 0.229 e. The lowest BCUT2D eigenvalue weighted by Crippen LogP contribution is -2.29. The molecule has 2 aromatic rings. The van der Waals surface area contributed by atoms with E-state index >= 15 is 0 Å². The van der Waals surface area contributed by atoms with Crippen molar-refractivity contribution in [3.05, 3.63) is 59.4 Å². The Morgan fingerprint density at radius 1 is 1.28 bits per heavy atom. The van der Waals surface area contributed by atoms with Crippen molar-refractivity contribution in [2.24, 2.45) is 5.92 Å². The van der Waals surface area contributed by atoms with E-state index in [0.717, 1.165) is 23.2 Å². The summed E-state index contributed by atoms with van der Waals surface area (Å²) in [6.45, 7) is 4.37. The molecule has 0 aliphatic carbocycles. The molecule has 1 unspecified atom stereocenters. The highest BCUT2D eigenvalue weighted by Gasteiger charge is 2.36. The predicted octanol–water partition coefficient (Wildman–Crippen LogP) is 3.69. The Kier molecular flexibility index (Phi) is 4.83. The Morgan fingerprint density at radius 3 is 2.76 bits per heavy atom. The van der Waals surface area contributed by atoms with E-state index in [1.165, 1.54) is 18.2 Å². The first-order valence-electron chi connectivity index (χ1n) is 8.45. The summed E-state index contributed by atoms with van der Waals surface area (Å²) in [5, 5.41) is 2.70. The van der Waals surface area contributed by atoms with E-state index in [0.29, 0.717) is 12.2 Å². The second kappa shape index (κ2) is 7.05. The van der Waals surface area contributed by atoms with Crippen LogP contribution < -0.4 is 10.2 Å². The molecule has 3 rings (SSSR count). The monoisotopic (exact) mass is 340 g/mol. The number of nitrogens with one attached hydrogen (secondary N) is 1. The summed E-state index contributed by atoms with van der Waals surface area (Å²) in [5.74, 6) is -1.16. The minimum Gasteiger partial charge on any atom is -0.326 e. The van der Waals surface area contributed by atoms with Crippen LogP contribution in [0.15, 0.2) is 42.5 Å². The van der Waals surface area contributed by atoms with Crippen LogP contribution in [0, 0.1) is 18.7 Å². The van der Waals surface area contributed by atoms with Crippen LogP contribution in [0.1, 0.15) is 24.5 Å². The number of hydrogen-bond acceptors (Lipinski definition) is 2. The lowest BCUT2D eigenvalue weighted by atomic mass is 10.0. The third-order valence-electron chi connectivity index (χ3n) is 4.56. The lowest BCUT2D eigenvalue weighted by molar-refractivity contribution is -0.122. The number of hydrogen-bond donors (Lipinski definition) is 1. The molecule has 5 heteroatoms. The number of halogens is 1. The lowest BCUT2D eigenvalue weighted by Gasteiger charge is -2.22. The van der Waals surface area contributed by atoms with E-state index < -0.39 is 11.7 Å². The molecule has 1 aliphatic rings. The standard InChI is InChI=1S/C20H21FN2O2/c1-3-14-7-4-6-13(2)19(14)23-12-15(10-18(23)24)20(25)22-17-9-5-8-16(21)11-17/h4-9,11,15H,3,10,12H2,1-2H3,(H,22,25). The highest BCUT2D eigenvalue weighted by atomic mass is 19.1. The van der Waals surface area contributed by atoms with Gasteiger partial charge in [-0.1, -0.05) is 31.2 Å². The van der Waals surface area contributed by atoms with Gasteiger partial charge < -0.3 is 10.2 Å². The molecule has 1 aliphatic heterocycles. The van der Waals surface area contributed by atoms with Crippen molar-refractivity contribution in [1.29, 1.82) is 0 Å². The van der Waals surface area contributed by atoms with Gasteiger partial charge in [-0.3, -0.25) is 9.59 Å². The van der Waals surface area contributed by atoms with E-state index in [9.17, 15) is 14.0 Å². The van der Waals surface area contributed by atoms with Crippen LogP contribution in [-0.4, -0.2) is 18.4 Å². The molecular weight excluding hydrogens is 319 g/mol. The highest BCUT2D eigenvalue weighted by Crippen LogP contribution is 2.32. The van der Waals surface area contributed by atoms with E-state index in [2.05, 4.69) is 5.32 Å². The molecule has 1 heterocycles. The van der Waals surface area contributed by atoms with Gasteiger partial charge in [0.25, 0.3) is 0 Å². The van der Waals surface area contributed by atoms with Gasteiger partial charge in [0.1, 0.15) is 5.82 Å². The summed E-state index contributed by atoms with van der Waals surface area (Å²) in [5.41, 5.74) is 3.44. The molecule has 1 saturated heterocycles. The number of aryl methyl sites for hydroxylation is 2. The zero-order chi connectivity index (χ0) is 18.0. The van der Waals surface area contributed by atoms with Crippen molar-refractivity contribution in [3.63, 3.8) is 0 Å². The van der Waals surface area contributed by atoms with Gasteiger partial charge in [0, 0.05) is 24.3 Å². The summed E-state index contributed by atoms with van der Waals surface area (Å²) in [6, 6.07) is 11.7. The summed E-state index contributed by atoms with van der Waals surface area (Å²) in [7, 11) is 0. The Labute approximate surface area is 146 Å². The quantitative estimate of drug-likeness (QED) is 0.923. The van der Waals surface area contributed by atoms with Crippen LogP contribution in [0.5, 0.6) is 0 Å². The van der Waals surface area contributed by atoms with Crippen LogP contribution in [0.4, 0.5) is 15.8 Å². The van der Waals surface area contributed by atoms with Gasteiger partial charge >= 0.3 is 0 Å². The Morgan fingerprint density at radius 2 is 2.04 bits per heavy atom. The molecule has 2 amide bonds. The van der Waals surface area contributed by atoms with Gasteiger partial charge in [-0.25, -0.2) is 4.39 Å². The van der Waals surface area contributed by atoms with E-state index in [-0.39, 0.29) is 18.2 Å². The molecule has 0 saturated carbocycles. The fraction of sp³-hybridized carbons (Fsp3) is 0.300. The van der Waals surface area contributed by atoms with Gasteiger partial charge in [-0.05, 0) is 42.7 Å². The molecule has 1 N–H and O–H groups in total. The Balaban J connectivity index is 1.78. The minimum atomic E-state index is -0.444. The average molecular weight is 340 g/mol. The molecule has 0 radical (unpaired) electrons. The van der Waals surface area contributed by atoms with Crippen LogP contribution in [0.2, 0.25) is 0 Å². The number of anilines is 2. The minimum absolute atomic E-state index is 0.0524. The molecule has 2 aromatic carbocycles. The van der Waals surface area contributed by atoms with Crippen molar-refractivity contribution in [1.82, 2.24) is 0 Å². The van der Waals surface area contributed by atoms with Gasteiger partial charge in [-0.15, -0.1) is 0 Å². The second-order valence-electron chi connectivity index (χ2n) is 6.34. The number of benzene rings is 2. The summed E-state index contributed by atoms with van der Waals surface area (Å²) in [4.78, 5) is 26.7. The first kappa shape index (κ1) is 17.1. The van der Waals surface area contributed by atoms with E-state index in [1.807, 2.05) is 32.0 Å². The highest BCUT2D eigenvalue weighted by molar-refractivity contribution is 6.04. The normalized spacial score (nSPS) is 17.0. The number of para-hydroxylation sites is 1. The second-order valence-corrected chi connectivity index (χ2v) is 6.34. The van der Waals surface area contributed by atoms with Gasteiger partial charge in [-0.2, -0.15) is 0 Å². The Bertz CT molecular complexity index is 819. The molecular formula is C20H21FN2O2. The molecule has 25 heavy (non-hydrogen) atoms. The van der Waals surface area contributed by atoms with Crippen molar-refractivity contribution in [3.8, 4) is 0 Å². The fourth-order valence-corrected chi connectivity index (χ4v) is 3.30. The molecule has 1 atom stereocenters. The van der Waals surface area contributed by atoms with E-state index in [4.69, 9.17) is 0 Å². The van der Waals surface area contributed by atoms with Crippen molar-refractivity contribution in [2.75, 3.05) is 16.8 Å². The molecule has 1 fully saturated rings. The average Bonchev–Trinajstić information content (AvgIpc) is 2.96. The number of rotatable bonds is 4. The summed E-state index contributed by atoms with van der Waals surface area (Å²) >= 11 is 0. The van der Waals surface area contributed by atoms with Crippen LogP contribution in [0.25, 0.3) is 0 Å². The largest absolute Gasteiger partial charge is 0.326 e. The fourth-order valence-electron chi connectivity index (χ4n) is 3.30. The maximum atomic E-state index is 13.3.